The van der Waals surface area contributed by atoms with Gasteiger partial charge in [-0.2, -0.15) is 20.4 Å². The second-order valence-electron chi connectivity index (χ2n) is 35.3. The quantitative estimate of drug-likeness (QED) is 0.0269. The molecule has 686 valence electrons. The van der Waals surface area contributed by atoms with Crippen LogP contribution in [0.3, 0.4) is 0 Å². The molecule has 0 spiro atoms. The fraction of sp³-hybridized carbons (Fsp3) is 0.287. The highest BCUT2D eigenvalue weighted by molar-refractivity contribution is 6.14. The molecular weight excluding hydrogens is 1710 g/mol. The Morgan fingerprint density at radius 1 is 0.348 bits per heavy atom. The SMILES string of the molecule is Nc1cncc(-c2ccc3[nH]nc(C(=O)Nc4ccc(CN5CCC5)nc4)c3c2)c1.O=C(Nc1ccc(CN2CCC2)nc1)c1n[nH]c2ccc(-c3cccnc3)cc12.O=C(Nc1ccc(CN2CCC2)nc1)c1n[nH]c2ccc(-c3cncc(CN4CCC(F)(F)C4)c3)cc12.O=C(Nc1ccc(CN2CCCCC2)nc1)c1n[nH]c2ccc(-c3cncc(CN4CCC(O)CC4)c3)cc12. The summed E-state index contributed by atoms with van der Waals surface area (Å²) in [5.41, 5.74) is 26.9. The first-order chi connectivity index (χ1) is 65.9. The lowest BCUT2D eigenvalue weighted by Crippen LogP contribution is -2.36. The molecule has 0 bridgehead atoms. The van der Waals surface area contributed by atoms with Gasteiger partial charge >= 0.3 is 0 Å². The molecule has 0 saturated carbocycles. The summed E-state index contributed by atoms with van der Waals surface area (Å²) < 4.78 is 27.1. The van der Waals surface area contributed by atoms with Crippen molar-refractivity contribution in [2.24, 2.45) is 0 Å². The molecule has 16 aromatic rings. The molecule has 135 heavy (non-hydrogen) atoms. The predicted molar refractivity (Wildman–Crippen MR) is 515 cm³/mol. The molecule has 0 unspecified atom stereocenters. The molecule has 12 aromatic heterocycles. The van der Waals surface area contributed by atoms with E-state index in [0.717, 1.165) is 228 Å². The van der Waals surface area contributed by atoms with E-state index in [-0.39, 0.29) is 48.4 Å². The zero-order valence-corrected chi connectivity index (χ0v) is 74.5. The van der Waals surface area contributed by atoms with Crippen LogP contribution in [0.5, 0.6) is 0 Å². The van der Waals surface area contributed by atoms with Gasteiger partial charge in [-0.25, -0.2) is 8.78 Å². The van der Waals surface area contributed by atoms with Gasteiger partial charge < -0.3 is 32.1 Å². The van der Waals surface area contributed by atoms with Crippen molar-refractivity contribution in [1.82, 2.24) is 110 Å². The van der Waals surface area contributed by atoms with Crippen LogP contribution in [0, 0.1) is 0 Å². The molecule has 4 amide bonds. The number of nitrogens with zero attached hydrogens (tertiary/aromatic N) is 18. The number of aliphatic hydroxyl groups is 1. The number of pyridine rings is 8. The maximum atomic E-state index is 13.6. The topological polar surface area (TPSA) is 400 Å². The van der Waals surface area contributed by atoms with Crippen LogP contribution in [-0.2, 0) is 39.3 Å². The summed E-state index contributed by atoms with van der Waals surface area (Å²) in [7, 11) is 0. The van der Waals surface area contributed by atoms with Crippen molar-refractivity contribution in [2.45, 2.75) is 109 Å². The highest BCUT2D eigenvalue weighted by Gasteiger charge is 2.38. The lowest BCUT2D eigenvalue weighted by atomic mass is 10.0. The number of H-pyrrole nitrogens is 4. The van der Waals surface area contributed by atoms with E-state index in [1.807, 2.05) is 158 Å². The number of likely N-dealkylation sites (tertiary alicyclic amines) is 6. The van der Waals surface area contributed by atoms with Crippen molar-refractivity contribution >= 4 is 95.7 Å². The standard InChI is InChI=1S/C30H35N7O2.C27H27F2N7O.C22H21N7O.C22H20N6O/c38-26-8-12-37(13-9-26)19-21-14-23(17-31-16-21)22-4-7-28-27(15-22)29(35-34-28)30(39)33-24-5-6-25(32-18-24)20-36-10-2-1-3-11-36;28-27(29)6-9-36(17-27)15-18-10-20(13-30-12-18)19-2-5-24-23(11-19)25(34-33-24)26(37)32-21-3-4-22(31-14-21)16-35-7-1-8-35;23-16-8-15(10-24-11-16)14-2-5-20-19(9-14)21(28-27-20)22(30)26-17-3-4-18(25-12-17)13-29-6-1-7-29;29-22(25-17-5-6-18(24-13-17)14-28-9-2-10-28)21-19-11-15(4-7-20(19)26-27-21)16-3-1-8-23-12-16/h4-7,14-18,26,38H,1-3,8-13,19-20H2,(H,33,39)(H,34,35);2-5,10-14H,1,6-9,15-17H2,(H,32,37)(H,33,34);2-5,8-12H,1,6-7,13,23H2,(H,26,30)(H,27,28);1,3-8,11-13H,2,9-10,14H2,(H,25,29)(H,26,27). The Morgan fingerprint density at radius 2 is 0.689 bits per heavy atom. The van der Waals surface area contributed by atoms with Crippen molar-refractivity contribution in [2.75, 3.05) is 106 Å². The Balaban J connectivity index is 0.000000116. The second-order valence-corrected chi connectivity index (χ2v) is 35.3. The summed E-state index contributed by atoms with van der Waals surface area (Å²) in [6, 6.07) is 48.4. The Morgan fingerprint density at radius 3 is 1.01 bits per heavy atom. The van der Waals surface area contributed by atoms with Gasteiger partial charge in [-0.1, -0.05) is 36.8 Å². The number of piperidine rings is 2. The highest BCUT2D eigenvalue weighted by Crippen LogP contribution is 2.35. The summed E-state index contributed by atoms with van der Waals surface area (Å²) in [4.78, 5) is 100. The first-order valence-corrected chi connectivity index (χ1v) is 45.8. The van der Waals surface area contributed by atoms with E-state index < -0.39 is 5.92 Å². The normalized spacial score (nSPS) is 16.0. The molecule has 0 aliphatic carbocycles. The number of fused-ring (bicyclic) bond motifs is 4. The molecular formula is C101H103F2N27O5. The minimum absolute atomic E-state index is 0.110. The summed E-state index contributed by atoms with van der Waals surface area (Å²) in [6.07, 6.45) is 29.7. The zero-order valence-electron chi connectivity index (χ0n) is 74.5. The van der Waals surface area contributed by atoms with Gasteiger partial charge in [0.1, 0.15) is 0 Å². The third kappa shape index (κ3) is 22.4. The molecule has 22 rings (SSSR count). The summed E-state index contributed by atoms with van der Waals surface area (Å²) >= 11 is 0. The maximum Gasteiger partial charge on any atom is 0.276 e. The number of carbonyl (C=O) groups is 4. The number of rotatable bonds is 24. The van der Waals surface area contributed by atoms with Crippen LogP contribution < -0.4 is 27.0 Å². The Bertz CT molecular complexity index is 6850. The van der Waals surface area contributed by atoms with Gasteiger partial charge in [-0.15, -0.1) is 0 Å². The number of nitrogens with one attached hydrogen (secondary N) is 8. The van der Waals surface area contributed by atoms with Crippen LogP contribution in [0.2, 0.25) is 0 Å². The number of alkyl halides is 2. The maximum absolute atomic E-state index is 13.6. The number of aliphatic hydroxyl groups excluding tert-OH is 1. The van der Waals surface area contributed by atoms with E-state index >= 15 is 0 Å². The highest BCUT2D eigenvalue weighted by atomic mass is 19.3. The number of carbonyl (C=O) groups excluding carboxylic acids is 4. The van der Waals surface area contributed by atoms with Gasteiger partial charge in [0, 0.05) is 159 Å². The lowest BCUT2D eigenvalue weighted by Gasteiger charge is -2.30. The van der Waals surface area contributed by atoms with E-state index in [1.54, 1.807) is 66.9 Å². The van der Waals surface area contributed by atoms with Crippen molar-refractivity contribution < 1.29 is 33.1 Å². The average Bonchev–Trinajstić information content (AvgIpc) is 1.62. The third-order valence-electron chi connectivity index (χ3n) is 25.2. The molecule has 6 fully saturated rings. The van der Waals surface area contributed by atoms with Gasteiger partial charge in [0.2, 0.25) is 0 Å². The largest absolute Gasteiger partial charge is 0.397 e. The van der Waals surface area contributed by atoms with E-state index in [2.05, 4.69) is 132 Å². The van der Waals surface area contributed by atoms with Gasteiger partial charge in [0.05, 0.1) is 111 Å². The van der Waals surface area contributed by atoms with E-state index in [9.17, 15) is 33.1 Å². The first-order valence-electron chi connectivity index (χ1n) is 45.8. The molecule has 0 radical (unpaired) electrons. The molecule has 18 heterocycles. The Kier molecular flexibility index (Phi) is 27.3. The van der Waals surface area contributed by atoms with Crippen molar-refractivity contribution in [3.63, 3.8) is 0 Å². The fourth-order valence-electron chi connectivity index (χ4n) is 17.4. The van der Waals surface area contributed by atoms with Gasteiger partial charge in [0.15, 0.2) is 22.8 Å². The van der Waals surface area contributed by atoms with Crippen LogP contribution in [0.15, 0.2) is 226 Å². The molecule has 6 saturated heterocycles. The third-order valence-corrected chi connectivity index (χ3v) is 25.2. The predicted octanol–water partition coefficient (Wildman–Crippen LogP) is 15.1. The molecule has 11 N–H and O–H groups in total. The molecule has 6 aliphatic rings. The Labute approximate surface area is 776 Å². The number of nitrogens with two attached hydrogens (primary N) is 1. The van der Waals surface area contributed by atoms with Crippen molar-refractivity contribution in [1.29, 1.82) is 0 Å². The zero-order chi connectivity index (χ0) is 92.1. The number of nitrogen functional groups attached to an aromatic ring is 1. The number of aromatic amines is 4. The smallest absolute Gasteiger partial charge is 0.276 e. The van der Waals surface area contributed by atoms with E-state index in [1.165, 1.54) is 38.5 Å². The first kappa shape index (κ1) is 89.4. The number of hydrogen-bond acceptors (Lipinski definition) is 24. The minimum Gasteiger partial charge on any atom is -0.397 e. The molecule has 6 aliphatic heterocycles. The van der Waals surface area contributed by atoms with Crippen molar-refractivity contribution in [3.05, 3.63) is 283 Å². The van der Waals surface area contributed by atoms with Crippen LogP contribution >= 0.6 is 0 Å². The minimum atomic E-state index is -2.62. The van der Waals surface area contributed by atoms with E-state index in [4.69, 9.17) is 5.73 Å². The van der Waals surface area contributed by atoms with Crippen LogP contribution in [0.4, 0.5) is 37.2 Å². The van der Waals surface area contributed by atoms with Crippen LogP contribution in [-0.4, -0.2) is 229 Å². The number of amides is 4. The fourth-order valence-corrected chi connectivity index (χ4v) is 17.4. The average molecular weight is 1810 g/mol. The Hall–Kier alpha value is -14.8. The summed E-state index contributed by atoms with van der Waals surface area (Å²) in [5.74, 6) is -3.79. The van der Waals surface area contributed by atoms with Crippen LogP contribution in [0.25, 0.3) is 88.1 Å². The number of aromatic nitrogens is 16. The summed E-state index contributed by atoms with van der Waals surface area (Å²) in [6.45, 7) is 15.5. The second kappa shape index (κ2) is 41.2. The molecule has 0 atom stereocenters. The lowest BCUT2D eigenvalue weighted by molar-refractivity contribution is 0.0114. The van der Waals surface area contributed by atoms with Gasteiger partial charge in [0.25, 0.3) is 29.6 Å². The molecule has 34 heteroatoms. The van der Waals surface area contributed by atoms with Gasteiger partial charge in [-0.3, -0.25) is 109 Å². The van der Waals surface area contributed by atoms with Crippen LogP contribution in [0.1, 0.15) is 134 Å². The van der Waals surface area contributed by atoms with Crippen molar-refractivity contribution in [3.8, 4) is 44.5 Å². The van der Waals surface area contributed by atoms with E-state index in [0.29, 0.717) is 64.0 Å². The monoisotopic (exact) mass is 1810 g/mol. The number of benzene rings is 4. The van der Waals surface area contributed by atoms with Gasteiger partial charge in [-0.05, 0) is 252 Å². The summed E-state index contributed by atoms with van der Waals surface area (Å²) in [5, 5.41) is 53.1. The number of hydrogen-bond donors (Lipinski definition) is 10. The number of halogens is 2. The molecule has 4 aromatic carbocycles. The number of anilines is 5. The molecule has 32 nitrogen and oxygen atoms in total.